The number of rotatable bonds is 21. The summed E-state index contributed by atoms with van der Waals surface area (Å²) in [6.45, 7) is 3.87. The van der Waals surface area contributed by atoms with Crippen molar-refractivity contribution in [1.82, 2.24) is 5.32 Å². The first-order chi connectivity index (χ1) is 16.5. The number of hydrogen-bond acceptors (Lipinski definition) is 4. The number of ether oxygens (including phenoxy) is 1. The summed E-state index contributed by atoms with van der Waals surface area (Å²) in [6, 6.07) is 0. The molecule has 0 aromatic carbocycles. The Morgan fingerprint density at radius 2 is 1.41 bits per heavy atom. The van der Waals surface area contributed by atoms with Crippen molar-refractivity contribution in [3.8, 4) is 0 Å². The van der Waals surface area contributed by atoms with Crippen LogP contribution < -0.4 is 5.32 Å². The number of carboxylic acid groups (broad SMARTS) is 1. The van der Waals surface area contributed by atoms with Gasteiger partial charge in [-0.15, -0.1) is 0 Å². The Labute approximate surface area is 206 Å². The highest BCUT2D eigenvalue weighted by atomic mass is 16.5. The average molecular weight is 476 g/mol. The molecule has 0 heterocycles. The van der Waals surface area contributed by atoms with E-state index in [0.29, 0.717) is 25.7 Å². The van der Waals surface area contributed by atoms with Gasteiger partial charge in [-0.3, -0.25) is 14.4 Å². The largest absolute Gasteiger partial charge is 0.480 e. The van der Waals surface area contributed by atoms with Crippen molar-refractivity contribution >= 4 is 17.8 Å². The highest BCUT2D eigenvalue weighted by molar-refractivity contribution is 5.80. The maximum atomic E-state index is 12.2. The standard InChI is InChI=1S/C28H45NO5/c1-3-5-6-7-8-9-10-11-12-13-14-15-19-23-28(33)34-25(20-4-2)21-17-16-18-22-26(30)29-24-27(31)32/h5-6,8-9,11-12,14-15,25H,3-4,7,10,13,16-24H2,1-2H3,(H,29,30)(H,31,32)/b6-5-,9-8-,12-11-,15-14-. The Hall–Kier alpha value is -2.63. The lowest BCUT2D eigenvalue weighted by molar-refractivity contribution is -0.149. The third-order valence-electron chi connectivity index (χ3n) is 5.01. The van der Waals surface area contributed by atoms with Crippen LogP contribution in [-0.2, 0) is 19.1 Å². The van der Waals surface area contributed by atoms with Gasteiger partial charge in [0.15, 0.2) is 0 Å². The highest BCUT2D eigenvalue weighted by Crippen LogP contribution is 2.14. The minimum atomic E-state index is -1.04. The zero-order chi connectivity index (χ0) is 25.3. The molecule has 1 atom stereocenters. The van der Waals surface area contributed by atoms with Gasteiger partial charge in [0.25, 0.3) is 0 Å². The van der Waals surface area contributed by atoms with Crippen LogP contribution in [-0.4, -0.2) is 35.6 Å². The highest BCUT2D eigenvalue weighted by Gasteiger charge is 2.13. The van der Waals surface area contributed by atoms with Gasteiger partial charge in [0.05, 0.1) is 0 Å². The van der Waals surface area contributed by atoms with E-state index >= 15 is 0 Å². The monoisotopic (exact) mass is 475 g/mol. The van der Waals surface area contributed by atoms with E-state index in [9.17, 15) is 14.4 Å². The summed E-state index contributed by atoms with van der Waals surface area (Å²) < 4.78 is 5.65. The molecule has 0 aliphatic rings. The summed E-state index contributed by atoms with van der Waals surface area (Å²) in [5, 5.41) is 10.9. The molecule has 0 saturated carbocycles. The van der Waals surface area contributed by atoms with Crippen molar-refractivity contribution in [3.05, 3.63) is 48.6 Å². The van der Waals surface area contributed by atoms with Gasteiger partial charge in [0.2, 0.25) is 5.91 Å². The molecule has 1 amide bonds. The molecule has 6 nitrogen and oxygen atoms in total. The van der Waals surface area contributed by atoms with Gasteiger partial charge in [0.1, 0.15) is 12.6 Å². The van der Waals surface area contributed by atoms with Crippen molar-refractivity contribution in [2.45, 2.75) is 103 Å². The van der Waals surface area contributed by atoms with E-state index in [0.717, 1.165) is 57.8 Å². The van der Waals surface area contributed by atoms with Gasteiger partial charge < -0.3 is 15.2 Å². The second kappa shape index (κ2) is 23.5. The normalized spacial score (nSPS) is 12.8. The first-order valence-corrected chi connectivity index (χ1v) is 12.8. The molecular formula is C28H45NO5. The fraction of sp³-hybridized carbons (Fsp3) is 0.607. The third-order valence-corrected chi connectivity index (χ3v) is 5.01. The first kappa shape index (κ1) is 31.4. The fourth-order valence-corrected chi connectivity index (χ4v) is 3.22. The number of carbonyl (C=O) groups is 3. The molecule has 0 aliphatic heterocycles. The predicted molar refractivity (Wildman–Crippen MR) is 138 cm³/mol. The second-order valence-electron chi connectivity index (χ2n) is 8.21. The van der Waals surface area contributed by atoms with E-state index in [2.05, 4.69) is 61.7 Å². The lowest BCUT2D eigenvalue weighted by Gasteiger charge is -2.17. The number of hydrogen-bond donors (Lipinski definition) is 2. The van der Waals surface area contributed by atoms with Crippen LogP contribution in [0, 0.1) is 0 Å². The van der Waals surface area contributed by atoms with E-state index < -0.39 is 5.97 Å². The van der Waals surface area contributed by atoms with Gasteiger partial charge >= 0.3 is 11.9 Å². The Kier molecular flexibility index (Phi) is 21.7. The summed E-state index contributed by atoms with van der Waals surface area (Å²) in [4.78, 5) is 34.1. The van der Waals surface area contributed by atoms with Gasteiger partial charge in [-0.1, -0.05) is 75.3 Å². The Balaban J connectivity index is 3.91. The second-order valence-corrected chi connectivity index (χ2v) is 8.21. The molecule has 0 aliphatic carbocycles. The number of allylic oxidation sites excluding steroid dienone is 8. The van der Waals surface area contributed by atoms with Crippen LogP contribution in [0.25, 0.3) is 0 Å². The molecule has 0 aromatic heterocycles. The Bertz CT molecular complexity index is 664. The van der Waals surface area contributed by atoms with Gasteiger partial charge in [0, 0.05) is 12.8 Å². The summed E-state index contributed by atoms with van der Waals surface area (Å²) in [7, 11) is 0. The minimum Gasteiger partial charge on any atom is -0.480 e. The smallest absolute Gasteiger partial charge is 0.322 e. The van der Waals surface area contributed by atoms with Gasteiger partial charge in [-0.25, -0.2) is 0 Å². The Morgan fingerprint density at radius 3 is 2.00 bits per heavy atom. The number of amides is 1. The predicted octanol–water partition coefficient (Wildman–Crippen LogP) is 6.43. The topological polar surface area (TPSA) is 92.7 Å². The minimum absolute atomic E-state index is 0.0734. The summed E-state index contributed by atoms with van der Waals surface area (Å²) in [6.07, 6.45) is 27.3. The molecule has 6 heteroatoms. The number of unbranched alkanes of at least 4 members (excludes halogenated alkanes) is 2. The summed E-state index contributed by atoms with van der Waals surface area (Å²) in [5.41, 5.74) is 0. The molecule has 34 heavy (non-hydrogen) atoms. The van der Waals surface area contributed by atoms with Crippen molar-refractivity contribution in [3.63, 3.8) is 0 Å². The van der Waals surface area contributed by atoms with Crippen LogP contribution in [0.5, 0.6) is 0 Å². The molecular weight excluding hydrogens is 430 g/mol. The molecule has 0 radical (unpaired) electrons. The van der Waals surface area contributed by atoms with Crippen LogP contribution in [0.2, 0.25) is 0 Å². The summed E-state index contributed by atoms with van der Waals surface area (Å²) in [5.74, 6) is -1.44. The fourth-order valence-electron chi connectivity index (χ4n) is 3.22. The average Bonchev–Trinajstić information content (AvgIpc) is 2.80. The zero-order valence-corrected chi connectivity index (χ0v) is 21.2. The SMILES string of the molecule is CC/C=C\C/C=C\C/C=C\C/C=C\CCC(=O)OC(CCC)CCCCCC(=O)NCC(=O)O. The van der Waals surface area contributed by atoms with Crippen LogP contribution in [0.3, 0.4) is 0 Å². The van der Waals surface area contributed by atoms with E-state index in [1.54, 1.807) is 0 Å². The zero-order valence-electron chi connectivity index (χ0n) is 21.2. The Morgan fingerprint density at radius 1 is 0.794 bits per heavy atom. The van der Waals surface area contributed by atoms with E-state index in [1.807, 2.05) is 6.08 Å². The van der Waals surface area contributed by atoms with Crippen LogP contribution in [0.4, 0.5) is 0 Å². The van der Waals surface area contributed by atoms with Crippen molar-refractivity contribution in [2.75, 3.05) is 6.54 Å². The third kappa shape index (κ3) is 22.6. The van der Waals surface area contributed by atoms with E-state index in [1.165, 1.54) is 0 Å². The number of carboxylic acids is 1. The number of carbonyl (C=O) groups excluding carboxylic acids is 2. The molecule has 0 bridgehead atoms. The van der Waals surface area contributed by atoms with E-state index in [-0.39, 0.29) is 24.5 Å². The molecule has 0 rings (SSSR count). The summed E-state index contributed by atoms with van der Waals surface area (Å²) >= 11 is 0. The quantitative estimate of drug-likeness (QED) is 0.113. The first-order valence-electron chi connectivity index (χ1n) is 12.8. The maximum Gasteiger partial charge on any atom is 0.322 e. The van der Waals surface area contributed by atoms with Crippen molar-refractivity contribution in [1.29, 1.82) is 0 Å². The lowest BCUT2D eigenvalue weighted by Crippen LogP contribution is -2.28. The molecule has 2 N–H and O–H groups in total. The van der Waals surface area contributed by atoms with Crippen LogP contribution >= 0.6 is 0 Å². The van der Waals surface area contributed by atoms with Crippen LogP contribution in [0.1, 0.15) is 97.3 Å². The van der Waals surface area contributed by atoms with Gasteiger partial charge in [-0.05, 0) is 57.8 Å². The van der Waals surface area contributed by atoms with Crippen molar-refractivity contribution < 1.29 is 24.2 Å². The molecule has 192 valence electrons. The van der Waals surface area contributed by atoms with Crippen molar-refractivity contribution in [2.24, 2.45) is 0 Å². The molecule has 0 fully saturated rings. The molecule has 0 spiro atoms. The lowest BCUT2D eigenvalue weighted by atomic mass is 10.1. The number of esters is 1. The number of nitrogens with one attached hydrogen (secondary N) is 1. The van der Waals surface area contributed by atoms with E-state index in [4.69, 9.17) is 9.84 Å². The molecule has 0 saturated heterocycles. The van der Waals surface area contributed by atoms with Gasteiger partial charge in [-0.2, -0.15) is 0 Å². The number of aliphatic carboxylic acids is 1. The maximum absolute atomic E-state index is 12.2. The van der Waals surface area contributed by atoms with Crippen LogP contribution in [0.15, 0.2) is 48.6 Å². The molecule has 0 aromatic rings. The molecule has 1 unspecified atom stereocenters.